The van der Waals surface area contributed by atoms with Crippen LogP contribution in [0.4, 0.5) is 10.5 Å². The number of thioether (sulfide) groups is 1. The van der Waals surface area contributed by atoms with Crippen molar-refractivity contribution in [3.63, 3.8) is 0 Å². The van der Waals surface area contributed by atoms with Crippen LogP contribution in [0.2, 0.25) is 0 Å². The summed E-state index contributed by atoms with van der Waals surface area (Å²) in [6, 6.07) is 14.4. The third-order valence-electron chi connectivity index (χ3n) is 3.45. The van der Waals surface area contributed by atoms with Gasteiger partial charge in [0.1, 0.15) is 6.54 Å². The fourth-order valence-electron chi connectivity index (χ4n) is 2.26. The molecule has 0 bridgehead atoms. The molecule has 0 radical (unpaired) electrons. The van der Waals surface area contributed by atoms with E-state index in [2.05, 4.69) is 37.2 Å². The average molecular weight is 496 g/mol. The molecule has 132 valence electrons. The average Bonchev–Trinajstić information content (AvgIpc) is 2.84. The minimum atomic E-state index is -0.467. The summed E-state index contributed by atoms with van der Waals surface area (Å²) in [5.41, 5.74) is 1.39. The first kappa shape index (κ1) is 18.9. The summed E-state index contributed by atoms with van der Waals surface area (Å²) in [5.74, 6) is -0.899. The van der Waals surface area contributed by atoms with Gasteiger partial charge in [0.2, 0.25) is 5.91 Å². The summed E-state index contributed by atoms with van der Waals surface area (Å²) in [6.07, 6.45) is 1.64. The zero-order valence-corrected chi connectivity index (χ0v) is 17.2. The first-order valence-electron chi connectivity index (χ1n) is 7.49. The molecule has 0 unspecified atom stereocenters. The molecule has 3 rings (SSSR count). The van der Waals surface area contributed by atoms with Crippen LogP contribution in [0.25, 0.3) is 6.08 Å². The number of nitrogens with one attached hydrogen (secondary N) is 1. The number of halogens is 2. The smallest absolute Gasteiger partial charge is 0.294 e. The fourth-order valence-corrected chi connectivity index (χ4v) is 3.78. The van der Waals surface area contributed by atoms with Gasteiger partial charge in [0.25, 0.3) is 11.1 Å². The zero-order valence-electron chi connectivity index (χ0n) is 13.2. The predicted octanol–water partition coefficient (Wildman–Crippen LogP) is 4.89. The van der Waals surface area contributed by atoms with Crippen LogP contribution in [0, 0.1) is 0 Å². The molecular formula is C18H12Br2N2O3S. The molecule has 3 amide bonds. The van der Waals surface area contributed by atoms with Crippen LogP contribution in [0.5, 0.6) is 0 Å². The van der Waals surface area contributed by atoms with Gasteiger partial charge in [-0.05, 0) is 59.8 Å². The summed E-state index contributed by atoms with van der Waals surface area (Å²) in [6.45, 7) is -0.323. The molecule has 8 heteroatoms. The fraction of sp³-hybridized carbons (Fsp3) is 0.0556. The van der Waals surface area contributed by atoms with Crippen molar-refractivity contribution in [3.8, 4) is 0 Å². The second-order valence-electron chi connectivity index (χ2n) is 5.38. The molecule has 0 aliphatic carbocycles. The Bertz CT molecular complexity index is 913. The molecule has 1 heterocycles. The van der Waals surface area contributed by atoms with Gasteiger partial charge in [-0.15, -0.1) is 0 Å². The van der Waals surface area contributed by atoms with E-state index in [0.29, 0.717) is 10.6 Å². The molecule has 2 aromatic carbocycles. The maximum atomic E-state index is 12.5. The number of anilines is 1. The third-order valence-corrected chi connectivity index (χ3v) is 5.38. The monoisotopic (exact) mass is 494 g/mol. The zero-order chi connectivity index (χ0) is 18.7. The number of rotatable bonds is 4. The van der Waals surface area contributed by atoms with Crippen molar-refractivity contribution in [1.29, 1.82) is 0 Å². The van der Waals surface area contributed by atoms with Gasteiger partial charge in [0, 0.05) is 14.6 Å². The molecule has 1 aliphatic heterocycles. The van der Waals surface area contributed by atoms with E-state index in [1.807, 2.05) is 24.3 Å². The summed E-state index contributed by atoms with van der Waals surface area (Å²) in [4.78, 5) is 38.0. The lowest BCUT2D eigenvalue weighted by Gasteiger charge is -2.12. The molecule has 1 fully saturated rings. The topological polar surface area (TPSA) is 66.5 Å². The van der Waals surface area contributed by atoms with Gasteiger partial charge in [-0.1, -0.05) is 44.0 Å². The number of hydrogen-bond donors (Lipinski definition) is 1. The van der Waals surface area contributed by atoms with Crippen LogP contribution in [-0.4, -0.2) is 28.5 Å². The maximum Gasteiger partial charge on any atom is 0.294 e. The number of carbonyl (C=O) groups excluding carboxylic acids is 3. The lowest BCUT2D eigenvalue weighted by Crippen LogP contribution is -2.36. The van der Waals surface area contributed by atoms with Crippen LogP contribution >= 0.6 is 43.6 Å². The maximum absolute atomic E-state index is 12.5. The van der Waals surface area contributed by atoms with E-state index in [9.17, 15) is 14.4 Å². The van der Waals surface area contributed by atoms with Gasteiger partial charge in [0.05, 0.1) is 4.91 Å². The molecule has 1 aliphatic rings. The number of imide groups is 1. The lowest BCUT2D eigenvalue weighted by atomic mass is 10.2. The SMILES string of the molecule is O=C(CN1C(=O)S/C(=C/c2cccc(Br)c2)C1=O)Nc1ccc(Br)cc1. The number of benzene rings is 2. The van der Waals surface area contributed by atoms with Crippen LogP contribution in [-0.2, 0) is 9.59 Å². The van der Waals surface area contributed by atoms with Crippen LogP contribution in [0.3, 0.4) is 0 Å². The van der Waals surface area contributed by atoms with Crippen LogP contribution in [0.1, 0.15) is 5.56 Å². The molecule has 1 saturated heterocycles. The van der Waals surface area contributed by atoms with Crippen molar-refractivity contribution < 1.29 is 14.4 Å². The minimum Gasteiger partial charge on any atom is -0.325 e. The molecule has 0 spiro atoms. The predicted molar refractivity (Wildman–Crippen MR) is 110 cm³/mol. The molecule has 1 N–H and O–H groups in total. The molecule has 0 saturated carbocycles. The van der Waals surface area contributed by atoms with E-state index in [-0.39, 0.29) is 6.54 Å². The Balaban J connectivity index is 1.69. The Kier molecular flexibility index (Phi) is 5.95. The number of nitrogens with zero attached hydrogens (tertiary/aromatic N) is 1. The van der Waals surface area contributed by atoms with Crippen molar-refractivity contribution in [2.75, 3.05) is 11.9 Å². The molecule has 26 heavy (non-hydrogen) atoms. The molecule has 0 aromatic heterocycles. The highest BCUT2D eigenvalue weighted by Gasteiger charge is 2.36. The van der Waals surface area contributed by atoms with Crippen molar-refractivity contribution >= 4 is 72.4 Å². The molecule has 5 nitrogen and oxygen atoms in total. The molecular weight excluding hydrogens is 484 g/mol. The Labute approximate surface area is 171 Å². The first-order valence-corrected chi connectivity index (χ1v) is 9.89. The van der Waals surface area contributed by atoms with Crippen LogP contribution < -0.4 is 5.32 Å². The summed E-state index contributed by atoms with van der Waals surface area (Å²) in [7, 11) is 0. The standard InChI is InChI=1S/C18H12Br2N2O3S/c19-12-4-6-14(7-5-12)21-16(23)10-22-17(24)15(26-18(22)25)9-11-2-1-3-13(20)8-11/h1-9H,10H2,(H,21,23)/b15-9+. The second kappa shape index (κ2) is 8.20. The number of amides is 3. The summed E-state index contributed by atoms with van der Waals surface area (Å²) >= 11 is 7.51. The third kappa shape index (κ3) is 4.63. The lowest BCUT2D eigenvalue weighted by molar-refractivity contribution is -0.127. The Morgan fingerprint density at radius 2 is 1.81 bits per heavy atom. The van der Waals surface area contributed by atoms with Gasteiger partial charge in [0.15, 0.2) is 0 Å². The van der Waals surface area contributed by atoms with E-state index in [1.54, 1.807) is 30.3 Å². The normalized spacial score (nSPS) is 15.6. The molecule has 2 aromatic rings. The molecule has 0 atom stereocenters. The van der Waals surface area contributed by atoms with E-state index in [1.165, 1.54) is 0 Å². The van der Waals surface area contributed by atoms with E-state index in [0.717, 1.165) is 31.2 Å². The van der Waals surface area contributed by atoms with Gasteiger partial charge < -0.3 is 5.32 Å². The van der Waals surface area contributed by atoms with Gasteiger partial charge in [-0.25, -0.2) is 0 Å². The van der Waals surface area contributed by atoms with Crippen molar-refractivity contribution in [1.82, 2.24) is 4.90 Å². The Hall–Kier alpha value is -1.90. The minimum absolute atomic E-state index is 0.296. The first-order chi connectivity index (χ1) is 12.4. The summed E-state index contributed by atoms with van der Waals surface area (Å²) < 4.78 is 1.76. The van der Waals surface area contributed by atoms with Crippen LogP contribution in [0.15, 0.2) is 62.4 Å². The highest BCUT2D eigenvalue weighted by molar-refractivity contribution is 9.10. The van der Waals surface area contributed by atoms with Gasteiger partial charge >= 0.3 is 0 Å². The van der Waals surface area contributed by atoms with Crippen molar-refractivity contribution in [2.24, 2.45) is 0 Å². The highest BCUT2D eigenvalue weighted by Crippen LogP contribution is 2.32. The van der Waals surface area contributed by atoms with Crippen molar-refractivity contribution in [3.05, 3.63) is 67.9 Å². The van der Waals surface area contributed by atoms with E-state index >= 15 is 0 Å². The quantitative estimate of drug-likeness (QED) is 0.613. The largest absolute Gasteiger partial charge is 0.325 e. The summed E-state index contributed by atoms with van der Waals surface area (Å²) in [5, 5.41) is 2.21. The number of hydrogen-bond acceptors (Lipinski definition) is 4. The van der Waals surface area contributed by atoms with Crippen molar-refractivity contribution in [2.45, 2.75) is 0 Å². The van der Waals surface area contributed by atoms with E-state index < -0.39 is 17.1 Å². The van der Waals surface area contributed by atoms with E-state index in [4.69, 9.17) is 0 Å². The number of carbonyl (C=O) groups is 3. The Morgan fingerprint density at radius 3 is 2.50 bits per heavy atom. The second-order valence-corrected chi connectivity index (χ2v) is 8.20. The van der Waals surface area contributed by atoms with Gasteiger partial charge in [-0.3, -0.25) is 19.3 Å². The Morgan fingerprint density at radius 1 is 1.08 bits per heavy atom. The highest BCUT2D eigenvalue weighted by atomic mass is 79.9. The van der Waals surface area contributed by atoms with Gasteiger partial charge in [-0.2, -0.15) is 0 Å².